The highest BCUT2D eigenvalue weighted by Gasteiger charge is 2.12. The molecule has 2 rings (SSSR count). The van der Waals surface area contributed by atoms with Gasteiger partial charge in [-0.2, -0.15) is 10.1 Å². The van der Waals surface area contributed by atoms with Crippen LogP contribution in [0, 0.1) is 6.92 Å². The largest absolute Gasteiger partial charge is 0.481 e. The summed E-state index contributed by atoms with van der Waals surface area (Å²) < 4.78 is 1.69. The van der Waals surface area contributed by atoms with Crippen LogP contribution in [0.2, 0.25) is 0 Å². The summed E-state index contributed by atoms with van der Waals surface area (Å²) in [4.78, 5) is 14.6. The molecule has 0 aliphatic rings. The quantitative estimate of drug-likeness (QED) is 0.778. The first-order valence-electron chi connectivity index (χ1n) is 4.84. The summed E-state index contributed by atoms with van der Waals surface area (Å²) in [5, 5.41) is 19.9. The second-order valence-corrected chi connectivity index (χ2v) is 4.43. The number of rotatable bonds is 4. The third-order valence-corrected chi connectivity index (χ3v) is 2.86. The predicted molar refractivity (Wildman–Crippen MR) is 61.7 cm³/mol. The number of carboxylic acids is 1. The number of aromatic nitrogens is 5. The minimum Gasteiger partial charge on any atom is -0.481 e. The number of aromatic amines is 1. The predicted octanol–water partition coefficient (Wildman–Crippen LogP) is 0.690. The van der Waals surface area contributed by atoms with Gasteiger partial charge in [-0.1, -0.05) is 11.8 Å². The molecular formula is C9H11N5O2S. The minimum atomic E-state index is -0.893. The molecule has 0 saturated carbocycles. The van der Waals surface area contributed by atoms with Gasteiger partial charge in [-0.25, -0.2) is 0 Å². The van der Waals surface area contributed by atoms with Crippen molar-refractivity contribution < 1.29 is 9.90 Å². The number of thioether (sulfide) groups is 1. The number of carbonyl (C=O) groups is 1. The van der Waals surface area contributed by atoms with Gasteiger partial charge in [0.15, 0.2) is 5.82 Å². The lowest BCUT2D eigenvalue weighted by Crippen LogP contribution is -1.97. The highest BCUT2D eigenvalue weighted by Crippen LogP contribution is 2.20. The third-order valence-electron chi connectivity index (χ3n) is 2.03. The van der Waals surface area contributed by atoms with Crippen molar-refractivity contribution in [1.82, 2.24) is 25.0 Å². The van der Waals surface area contributed by atoms with Crippen molar-refractivity contribution in [1.29, 1.82) is 0 Å². The molecule has 0 aromatic carbocycles. The van der Waals surface area contributed by atoms with E-state index in [1.807, 2.05) is 20.2 Å². The van der Waals surface area contributed by atoms with E-state index in [4.69, 9.17) is 5.11 Å². The van der Waals surface area contributed by atoms with Gasteiger partial charge >= 0.3 is 5.97 Å². The van der Waals surface area contributed by atoms with E-state index in [0.717, 1.165) is 23.0 Å². The zero-order valence-corrected chi connectivity index (χ0v) is 10.2. The Balaban J connectivity index is 2.18. The fourth-order valence-corrected chi connectivity index (χ4v) is 1.90. The summed E-state index contributed by atoms with van der Waals surface area (Å²) in [7, 11) is 1.83. The van der Waals surface area contributed by atoms with E-state index in [1.54, 1.807) is 4.68 Å². The summed E-state index contributed by atoms with van der Waals surface area (Å²) in [5.41, 5.74) is 1.71. The monoisotopic (exact) mass is 253 g/mol. The van der Waals surface area contributed by atoms with Crippen molar-refractivity contribution in [2.24, 2.45) is 7.05 Å². The Morgan fingerprint density at radius 3 is 3.00 bits per heavy atom. The van der Waals surface area contributed by atoms with Gasteiger partial charge in [0.05, 0.1) is 5.75 Å². The van der Waals surface area contributed by atoms with Crippen LogP contribution in [0.3, 0.4) is 0 Å². The SMILES string of the molecule is Cc1cn(C)nc1-c1nc(SCC(=O)O)n[nH]1. The van der Waals surface area contributed by atoms with Crippen molar-refractivity contribution in [3.63, 3.8) is 0 Å². The minimum absolute atomic E-state index is 0.0570. The Morgan fingerprint density at radius 2 is 2.41 bits per heavy atom. The molecule has 0 unspecified atom stereocenters. The number of aryl methyl sites for hydroxylation is 2. The van der Waals surface area contributed by atoms with E-state index in [2.05, 4.69) is 20.3 Å². The van der Waals surface area contributed by atoms with Crippen LogP contribution >= 0.6 is 11.8 Å². The second-order valence-electron chi connectivity index (χ2n) is 3.48. The number of nitrogens with one attached hydrogen (secondary N) is 1. The van der Waals surface area contributed by atoms with Gasteiger partial charge in [0, 0.05) is 13.2 Å². The maximum Gasteiger partial charge on any atom is 0.313 e. The molecule has 0 atom stereocenters. The van der Waals surface area contributed by atoms with Gasteiger partial charge in [-0.3, -0.25) is 14.6 Å². The lowest BCUT2D eigenvalue weighted by molar-refractivity contribution is -0.133. The average Bonchev–Trinajstić information content (AvgIpc) is 2.82. The van der Waals surface area contributed by atoms with Crippen LogP contribution in [0.15, 0.2) is 11.4 Å². The molecule has 0 aliphatic carbocycles. The molecule has 0 spiro atoms. The van der Waals surface area contributed by atoms with Crippen LogP contribution in [-0.2, 0) is 11.8 Å². The van der Waals surface area contributed by atoms with E-state index < -0.39 is 5.97 Å². The average molecular weight is 253 g/mol. The number of hydrogen-bond acceptors (Lipinski definition) is 5. The molecule has 2 aromatic heterocycles. The number of hydrogen-bond donors (Lipinski definition) is 2. The van der Waals surface area contributed by atoms with Crippen LogP contribution in [0.25, 0.3) is 11.5 Å². The van der Waals surface area contributed by atoms with Crippen LogP contribution in [0.1, 0.15) is 5.56 Å². The Hall–Kier alpha value is -1.83. The van der Waals surface area contributed by atoms with Crippen molar-refractivity contribution >= 4 is 17.7 Å². The molecule has 0 bridgehead atoms. The Morgan fingerprint density at radius 1 is 1.65 bits per heavy atom. The van der Waals surface area contributed by atoms with Gasteiger partial charge < -0.3 is 5.11 Å². The highest BCUT2D eigenvalue weighted by atomic mass is 32.2. The smallest absolute Gasteiger partial charge is 0.313 e. The molecule has 8 heteroatoms. The van der Waals surface area contributed by atoms with Crippen molar-refractivity contribution in [3.8, 4) is 11.5 Å². The normalized spacial score (nSPS) is 10.7. The van der Waals surface area contributed by atoms with Crippen molar-refractivity contribution in [2.75, 3.05) is 5.75 Å². The zero-order chi connectivity index (χ0) is 12.4. The first-order chi connectivity index (χ1) is 8.06. The van der Waals surface area contributed by atoms with Crippen molar-refractivity contribution in [2.45, 2.75) is 12.1 Å². The standard InChI is InChI=1S/C9H11N5O2S/c1-5-3-14(2)13-7(5)8-10-9(12-11-8)17-4-6(15)16/h3H,4H2,1-2H3,(H,15,16)(H,10,11,12). The van der Waals surface area contributed by atoms with E-state index >= 15 is 0 Å². The molecule has 17 heavy (non-hydrogen) atoms. The fraction of sp³-hybridized carbons (Fsp3) is 0.333. The first kappa shape index (κ1) is 11.6. The fourth-order valence-electron chi connectivity index (χ4n) is 1.38. The molecular weight excluding hydrogens is 242 g/mol. The summed E-state index contributed by atoms with van der Waals surface area (Å²) >= 11 is 1.07. The first-order valence-corrected chi connectivity index (χ1v) is 5.82. The number of nitrogens with zero attached hydrogens (tertiary/aromatic N) is 4. The Bertz CT molecular complexity index is 547. The van der Waals surface area contributed by atoms with Gasteiger partial charge in [0.25, 0.3) is 0 Å². The summed E-state index contributed by atoms with van der Waals surface area (Å²) in [6, 6.07) is 0. The molecule has 2 aromatic rings. The van der Waals surface area contributed by atoms with Crippen LogP contribution in [-0.4, -0.2) is 41.8 Å². The molecule has 7 nitrogen and oxygen atoms in total. The summed E-state index contributed by atoms with van der Waals surface area (Å²) in [6.45, 7) is 1.93. The summed E-state index contributed by atoms with van der Waals surface area (Å²) in [6.07, 6.45) is 1.88. The Labute approximate surface area is 101 Å². The van der Waals surface area contributed by atoms with E-state index in [0.29, 0.717) is 11.0 Å². The molecule has 0 saturated heterocycles. The third kappa shape index (κ3) is 2.64. The maximum absolute atomic E-state index is 10.4. The highest BCUT2D eigenvalue weighted by molar-refractivity contribution is 7.99. The van der Waals surface area contributed by atoms with E-state index in [1.165, 1.54) is 0 Å². The van der Waals surface area contributed by atoms with Gasteiger partial charge in [-0.05, 0) is 12.5 Å². The second kappa shape index (κ2) is 4.58. The molecule has 90 valence electrons. The van der Waals surface area contributed by atoms with Crippen LogP contribution < -0.4 is 0 Å². The topological polar surface area (TPSA) is 96.7 Å². The lowest BCUT2D eigenvalue weighted by atomic mass is 10.3. The van der Waals surface area contributed by atoms with E-state index in [9.17, 15) is 4.79 Å². The van der Waals surface area contributed by atoms with Gasteiger partial charge in [0.1, 0.15) is 5.69 Å². The van der Waals surface area contributed by atoms with E-state index in [-0.39, 0.29) is 5.75 Å². The molecule has 2 heterocycles. The van der Waals surface area contributed by atoms with Crippen molar-refractivity contribution in [3.05, 3.63) is 11.8 Å². The molecule has 0 fully saturated rings. The zero-order valence-electron chi connectivity index (χ0n) is 9.34. The number of carboxylic acid groups (broad SMARTS) is 1. The van der Waals surface area contributed by atoms with Crippen LogP contribution in [0.5, 0.6) is 0 Å². The molecule has 0 amide bonds. The lowest BCUT2D eigenvalue weighted by Gasteiger charge is -1.90. The summed E-state index contributed by atoms with van der Waals surface area (Å²) in [5.74, 6) is -0.398. The molecule has 0 aliphatic heterocycles. The van der Waals surface area contributed by atoms with Gasteiger partial charge in [0.2, 0.25) is 5.16 Å². The molecule has 2 N–H and O–H groups in total. The maximum atomic E-state index is 10.4. The Kier molecular flexibility index (Phi) is 3.14. The van der Waals surface area contributed by atoms with Gasteiger partial charge in [-0.15, -0.1) is 5.10 Å². The number of H-pyrrole nitrogens is 1. The number of aliphatic carboxylic acids is 1. The molecule has 0 radical (unpaired) electrons. The van der Waals surface area contributed by atoms with Crippen LogP contribution in [0.4, 0.5) is 0 Å².